The molecule has 0 spiro atoms. The molecule has 0 bridgehead atoms. The Morgan fingerprint density at radius 3 is 2.50 bits per heavy atom. The van der Waals surface area contributed by atoms with E-state index in [-0.39, 0.29) is 12.1 Å². The Balaban J connectivity index is 2.54. The van der Waals surface area contributed by atoms with Crippen molar-refractivity contribution in [2.75, 3.05) is 32.4 Å². The Bertz CT molecular complexity index is 383. The maximum Gasteiger partial charge on any atom is 0.317 e. The molecular formula is C11H23N3O3S. The lowest BCUT2D eigenvalue weighted by atomic mass is 10.3. The van der Waals surface area contributed by atoms with Crippen LogP contribution < -0.4 is 5.32 Å². The zero-order chi connectivity index (χ0) is 13.8. The summed E-state index contributed by atoms with van der Waals surface area (Å²) in [6, 6.07) is 0.0477. The van der Waals surface area contributed by atoms with Crippen LogP contribution in [0.25, 0.3) is 0 Å². The Morgan fingerprint density at radius 2 is 1.94 bits per heavy atom. The van der Waals surface area contributed by atoms with E-state index in [4.69, 9.17) is 0 Å². The first-order valence-electron chi connectivity index (χ1n) is 6.35. The van der Waals surface area contributed by atoms with Gasteiger partial charge in [0.25, 0.3) is 0 Å². The largest absolute Gasteiger partial charge is 0.336 e. The van der Waals surface area contributed by atoms with Crippen LogP contribution in [0.1, 0.15) is 26.7 Å². The van der Waals surface area contributed by atoms with Crippen LogP contribution in [0.3, 0.4) is 0 Å². The van der Waals surface area contributed by atoms with Gasteiger partial charge in [0, 0.05) is 32.2 Å². The van der Waals surface area contributed by atoms with Gasteiger partial charge in [0.2, 0.25) is 10.0 Å². The van der Waals surface area contributed by atoms with Crippen LogP contribution in [0.2, 0.25) is 0 Å². The fourth-order valence-corrected chi connectivity index (χ4v) is 2.71. The first-order chi connectivity index (χ1) is 8.34. The van der Waals surface area contributed by atoms with Gasteiger partial charge in [-0.05, 0) is 19.8 Å². The topological polar surface area (TPSA) is 69.7 Å². The van der Waals surface area contributed by atoms with E-state index in [0.29, 0.717) is 32.6 Å². The molecular weight excluding hydrogens is 254 g/mol. The first-order valence-corrected chi connectivity index (χ1v) is 8.20. The summed E-state index contributed by atoms with van der Waals surface area (Å²) in [5.74, 6) is 0. The van der Waals surface area contributed by atoms with Gasteiger partial charge in [-0.15, -0.1) is 0 Å². The van der Waals surface area contributed by atoms with Crippen LogP contribution >= 0.6 is 0 Å². The third kappa shape index (κ3) is 4.45. The van der Waals surface area contributed by atoms with Crippen molar-refractivity contribution >= 4 is 16.1 Å². The zero-order valence-electron chi connectivity index (χ0n) is 11.3. The number of amides is 2. The van der Waals surface area contributed by atoms with Gasteiger partial charge in [0.1, 0.15) is 0 Å². The molecule has 1 saturated heterocycles. The number of sulfonamides is 1. The number of nitrogens with one attached hydrogen (secondary N) is 1. The van der Waals surface area contributed by atoms with E-state index in [1.807, 2.05) is 13.8 Å². The van der Waals surface area contributed by atoms with Crippen LogP contribution in [0.4, 0.5) is 4.79 Å². The molecule has 1 N–H and O–H groups in total. The lowest BCUT2D eigenvalue weighted by Gasteiger charge is -2.23. The summed E-state index contributed by atoms with van der Waals surface area (Å²) in [5.41, 5.74) is 0. The molecule has 2 amide bonds. The molecule has 0 aromatic carbocycles. The molecule has 0 aromatic rings. The average molecular weight is 277 g/mol. The third-order valence-corrected chi connectivity index (χ3v) is 4.50. The number of carbonyl (C=O) groups excluding carboxylic acids is 1. The van der Waals surface area contributed by atoms with E-state index in [9.17, 15) is 13.2 Å². The number of nitrogens with zero attached hydrogens (tertiary/aromatic N) is 2. The quantitative estimate of drug-likeness (QED) is 0.815. The van der Waals surface area contributed by atoms with Crippen molar-refractivity contribution in [3.8, 4) is 0 Å². The van der Waals surface area contributed by atoms with E-state index in [1.54, 1.807) is 4.90 Å². The number of carbonyl (C=O) groups is 1. The molecule has 18 heavy (non-hydrogen) atoms. The van der Waals surface area contributed by atoms with Crippen molar-refractivity contribution < 1.29 is 13.2 Å². The minimum atomic E-state index is -3.15. The second kappa shape index (κ2) is 6.38. The first kappa shape index (κ1) is 15.2. The van der Waals surface area contributed by atoms with E-state index >= 15 is 0 Å². The van der Waals surface area contributed by atoms with Gasteiger partial charge in [0.05, 0.1) is 6.26 Å². The molecule has 1 aliphatic rings. The van der Waals surface area contributed by atoms with Gasteiger partial charge < -0.3 is 10.2 Å². The summed E-state index contributed by atoms with van der Waals surface area (Å²) in [7, 11) is -3.15. The van der Waals surface area contributed by atoms with Gasteiger partial charge in [-0.25, -0.2) is 17.5 Å². The Kier molecular flexibility index (Phi) is 5.40. The van der Waals surface area contributed by atoms with Gasteiger partial charge in [0.15, 0.2) is 0 Å². The van der Waals surface area contributed by atoms with Gasteiger partial charge in [-0.1, -0.05) is 6.92 Å². The van der Waals surface area contributed by atoms with Crippen LogP contribution in [-0.2, 0) is 10.0 Å². The predicted octanol–water partition coefficient (Wildman–Crippen LogP) is 0.462. The highest BCUT2D eigenvalue weighted by Gasteiger charge is 2.23. The number of hydrogen-bond acceptors (Lipinski definition) is 3. The predicted molar refractivity (Wildman–Crippen MR) is 70.9 cm³/mol. The van der Waals surface area contributed by atoms with E-state index < -0.39 is 10.0 Å². The average Bonchev–Trinajstić information content (AvgIpc) is 2.53. The highest BCUT2D eigenvalue weighted by atomic mass is 32.2. The molecule has 0 aliphatic carbocycles. The van der Waals surface area contributed by atoms with Gasteiger partial charge in [-0.2, -0.15) is 0 Å². The van der Waals surface area contributed by atoms with Gasteiger partial charge >= 0.3 is 6.03 Å². The summed E-state index contributed by atoms with van der Waals surface area (Å²) in [6.45, 7) is 5.90. The molecule has 0 radical (unpaired) electrons. The molecule has 1 aliphatic heterocycles. The number of hydrogen-bond donors (Lipinski definition) is 1. The lowest BCUT2D eigenvalue weighted by Crippen LogP contribution is -2.45. The van der Waals surface area contributed by atoms with Crippen LogP contribution in [0.15, 0.2) is 0 Å². The minimum Gasteiger partial charge on any atom is -0.336 e. The molecule has 1 heterocycles. The van der Waals surface area contributed by atoms with E-state index in [1.165, 1.54) is 10.6 Å². The molecule has 0 saturated carbocycles. The van der Waals surface area contributed by atoms with Crippen molar-refractivity contribution in [1.82, 2.24) is 14.5 Å². The smallest absolute Gasteiger partial charge is 0.317 e. The molecule has 0 unspecified atom stereocenters. The van der Waals surface area contributed by atoms with Crippen LogP contribution in [0, 0.1) is 0 Å². The van der Waals surface area contributed by atoms with E-state index in [2.05, 4.69) is 5.32 Å². The van der Waals surface area contributed by atoms with Crippen molar-refractivity contribution in [2.24, 2.45) is 0 Å². The summed E-state index contributed by atoms with van der Waals surface area (Å²) in [5, 5.41) is 2.90. The second-order valence-corrected chi connectivity index (χ2v) is 6.74. The Morgan fingerprint density at radius 1 is 1.28 bits per heavy atom. The summed E-state index contributed by atoms with van der Waals surface area (Å²) >= 11 is 0. The Labute approximate surface area is 109 Å². The number of rotatable bonds is 3. The van der Waals surface area contributed by atoms with Crippen molar-refractivity contribution in [3.63, 3.8) is 0 Å². The zero-order valence-corrected chi connectivity index (χ0v) is 12.2. The van der Waals surface area contributed by atoms with Crippen LogP contribution in [0.5, 0.6) is 0 Å². The fourth-order valence-electron chi connectivity index (χ4n) is 1.83. The van der Waals surface area contributed by atoms with Crippen molar-refractivity contribution in [2.45, 2.75) is 32.7 Å². The molecule has 1 fully saturated rings. The SMILES string of the molecule is CC[C@@H](C)NC(=O)N1CCCN(S(C)(=O)=O)CC1. The lowest BCUT2D eigenvalue weighted by molar-refractivity contribution is 0.196. The summed E-state index contributed by atoms with van der Waals surface area (Å²) in [4.78, 5) is 13.6. The monoisotopic (exact) mass is 277 g/mol. The molecule has 106 valence electrons. The van der Waals surface area contributed by atoms with Crippen LogP contribution in [-0.4, -0.2) is 62.1 Å². The molecule has 1 rings (SSSR count). The fraction of sp³-hybridized carbons (Fsp3) is 0.909. The van der Waals surface area contributed by atoms with Gasteiger partial charge in [-0.3, -0.25) is 0 Å². The number of urea groups is 1. The normalized spacial score (nSPS) is 20.3. The third-order valence-electron chi connectivity index (χ3n) is 3.19. The highest BCUT2D eigenvalue weighted by Crippen LogP contribution is 2.07. The summed E-state index contributed by atoms with van der Waals surface area (Å²) in [6.07, 6.45) is 2.78. The summed E-state index contributed by atoms with van der Waals surface area (Å²) < 4.78 is 24.3. The minimum absolute atomic E-state index is 0.0975. The maximum atomic E-state index is 11.9. The molecule has 6 nitrogen and oxygen atoms in total. The standard InChI is InChI=1S/C11H23N3O3S/c1-4-10(2)12-11(15)13-6-5-7-14(9-8-13)18(3,16)17/h10H,4-9H2,1-3H3,(H,12,15)/t10-/m1/s1. The molecule has 0 aromatic heterocycles. The molecule has 1 atom stereocenters. The second-order valence-electron chi connectivity index (χ2n) is 4.76. The highest BCUT2D eigenvalue weighted by molar-refractivity contribution is 7.88. The Hall–Kier alpha value is -0.820. The van der Waals surface area contributed by atoms with E-state index in [0.717, 1.165) is 6.42 Å². The maximum absolute atomic E-state index is 11.9. The van der Waals surface area contributed by atoms with Crippen molar-refractivity contribution in [3.05, 3.63) is 0 Å². The van der Waals surface area contributed by atoms with Crippen molar-refractivity contribution in [1.29, 1.82) is 0 Å². The molecule has 7 heteroatoms.